The lowest BCUT2D eigenvalue weighted by Crippen LogP contribution is -2.04. The number of hydrogen-bond donors (Lipinski definition) is 1. The van der Waals surface area contributed by atoms with Crippen molar-refractivity contribution < 1.29 is 0 Å². The molecule has 2 aromatic rings. The number of rotatable bonds is 3. The van der Waals surface area contributed by atoms with Crippen molar-refractivity contribution in [1.29, 1.82) is 0 Å². The quantitative estimate of drug-likeness (QED) is 0.940. The van der Waals surface area contributed by atoms with Crippen LogP contribution in [0.4, 0.5) is 5.69 Å². The second-order valence-electron chi connectivity index (χ2n) is 3.54. The molecule has 0 fully saturated rings. The van der Waals surface area contributed by atoms with Crippen molar-refractivity contribution in [2.24, 2.45) is 0 Å². The van der Waals surface area contributed by atoms with Crippen LogP contribution < -0.4 is 5.73 Å². The maximum Gasteiger partial charge on any atom is 0.152 e. The smallest absolute Gasteiger partial charge is 0.152 e. The van der Waals surface area contributed by atoms with Gasteiger partial charge in [0.15, 0.2) is 5.82 Å². The van der Waals surface area contributed by atoms with E-state index >= 15 is 0 Å². The van der Waals surface area contributed by atoms with Gasteiger partial charge in [0.05, 0.1) is 16.4 Å². The molecule has 4 nitrogen and oxygen atoms in total. The van der Waals surface area contributed by atoms with Gasteiger partial charge in [-0.3, -0.25) is 4.57 Å². The Bertz CT molecular complexity index is 492. The highest BCUT2D eigenvalue weighted by Crippen LogP contribution is 2.22. The van der Waals surface area contributed by atoms with Crippen LogP contribution in [0.1, 0.15) is 19.2 Å². The molecule has 0 aliphatic rings. The molecule has 0 amide bonds. The summed E-state index contributed by atoms with van der Waals surface area (Å²) in [6.45, 7) is 2.13. The Balaban J connectivity index is 2.46. The molecule has 0 radical (unpaired) electrons. The number of halogens is 1. The lowest BCUT2D eigenvalue weighted by molar-refractivity contribution is 0.796. The molecule has 2 rings (SSSR count). The van der Waals surface area contributed by atoms with E-state index in [4.69, 9.17) is 5.73 Å². The van der Waals surface area contributed by atoms with E-state index in [9.17, 15) is 0 Å². The van der Waals surface area contributed by atoms with Gasteiger partial charge in [-0.1, -0.05) is 6.92 Å². The number of nitrogens with zero attached hydrogens (tertiary/aromatic N) is 3. The average Bonchev–Trinajstić information content (AvgIpc) is 2.67. The molecule has 0 saturated carbocycles. The Hall–Kier alpha value is -1.36. The second kappa shape index (κ2) is 4.65. The Kier molecular flexibility index (Phi) is 3.24. The fraction of sp³-hybridized carbons (Fsp3) is 0.273. The van der Waals surface area contributed by atoms with Crippen molar-refractivity contribution >= 4 is 21.6 Å². The van der Waals surface area contributed by atoms with Gasteiger partial charge >= 0.3 is 0 Å². The largest absolute Gasteiger partial charge is 0.397 e. The summed E-state index contributed by atoms with van der Waals surface area (Å²) in [7, 11) is 0. The molecule has 0 aromatic carbocycles. The van der Waals surface area contributed by atoms with Crippen molar-refractivity contribution in [1.82, 2.24) is 14.5 Å². The first kappa shape index (κ1) is 11.1. The summed E-state index contributed by atoms with van der Waals surface area (Å²) >= 11 is 3.46. The Morgan fingerprint density at radius 2 is 2.25 bits per heavy atom. The summed E-state index contributed by atoms with van der Waals surface area (Å²) in [5.74, 6) is 1.84. The van der Waals surface area contributed by atoms with Crippen LogP contribution in [-0.2, 0) is 6.42 Å². The van der Waals surface area contributed by atoms with Gasteiger partial charge in [0.25, 0.3) is 0 Å². The van der Waals surface area contributed by atoms with Crippen molar-refractivity contribution in [3.8, 4) is 5.82 Å². The zero-order valence-electron chi connectivity index (χ0n) is 9.02. The van der Waals surface area contributed by atoms with Gasteiger partial charge in [0.2, 0.25) is 0 Å². The highest BCUT2D eigenvalue weighted by molar-refractivity contribution is 9.10. The third-order valence-electron chi connectivity index (χ3n) is 2.26. The average molecular weight is 281 g/mol. The van der Waals surface area contributed by atoms with Crippen molar-refractivity contribution in [2.45, 2.75) is 19.8 Å². The Labute approximate surface area is 103 Å². The molecular weight excluding hydrogens is 268 g/mol. The molecule has 0 spiro atoms. The SMILES string of the molecule is CCCc1nccn1-c1ncc(N)cc1Br. The molecule has 16 heavy (non-hydrogen) atoms. The van der Waals surface area contributed by atoms with Crippen LogP contribution in [0.25, 0.3) is 5.82 Å². The van der Waals surface area contributed by atoms with E-state index in [-0.39, 0.29) is 0 Å². The first-order chi connectivity index (χ1) is 7.72. The van der Waals surface area contributed by atoms with Crippen LogP contribution >= 0.6 is 15.9 Å². The summed E-state index contributed by atoms with van der Waals surface area (Å²) in [4.78, 5) is 8.63. The minimum atomic E-state index is 0.646. The summed E-state index contributed by atoms with van der Waals surface area (Å²) < 4.78 is 2.86. The van der Waals surface area contributed by atoms with Gasteiger partial charge in [-0.25, -0.2) is 9.97 Å². The first-order valence-electron chi connectivity index (χ1n) is 5.16. The summed E-state index contributed by atoms with van der Waals surface area (Å²) in [6, 6.07) is 1.85. The van der Waals surface area contributed by atoms with Crippen LogP contribution in [0.5, 0.6) is 0 Å². The Morgan fingerprint density at radius 3 is 2.94 bits per heavy atom. The molecule has 2 N–H and O–H groups in total. The second-order valence-corrected chi connectivity index (χ2v) is 4.39. The summed E-state index contributed by atoms with van der Waals surface area (Å²) in [5.41, 5.74) is 6.31. The molecule has 84 valence electrons. The number of aromatic nitrogens is 3. The molecule has 0 bridgehead atoms. The van der Waals surface area contributed by atoms with Gasteiger partial charge in [-0.05, 0) is 28.4 Å². The van der Waals surface area contributed by atoms with Crippen molar-refractivity contribution in [3.63, 3.8) is 0 Å². The van der Waals surface area contributed by atoms with Crippen LogP contribution in [0.15, 0.2) is 29.1 Å². The van der Waals surface area contributed by atoms with Gasteiger partial charge < -0.3 is 5.73 Å². The highest BCUT2D eigenvalue weighted by atomic mass is 79.9. The van der Waals surface area contributed by atoms with E-state index in [2.05, 4.69) is 32.8 Å². The maximum atomic E-state index is 5.66. The van der Waals surface area contributed by atoms with Crippen molar-refractivity contribution in [3.05, 3.63) is 35.0 Å². The van der Waals surface area contributed by atoms with Crippen LogP contribution in [0, 0.1) is 0 Å². The lowest BCUT2D eigenvalue weighted by atomic mass is 10.3. The third kappa shape index (κ3) is 2.09. The van der Waals surface area contributed by atoms with Gasteiger partial charge in [0, 0.05) is 18.8 Å². The van der Waals surface area contributed by atoms with Gasteiger partial charge in [0.1, 0.15) is 5.82 Å². The molecule has 2 aromatic heterocycles. The molecular formula is C11H13BrN4. The maximum absolute atomic E-state index is 5.66. The lowest BCUT2D eigenvalue weighted by Gasteiger charge is -2.08. The van der Waals surface area contributed by atoms with Crippen LogP contribution in [0.2, 0.25) is 0 Å². The van der Waals surface area contributed by atoms with Gasteiger partial charge in [-0.2, -0.15) is 0 Å². The van der Waals surface area contributed by atoms with Crippen LogP contribution in [0.3, 0.4) is 0 Å². The zero-order valence-corrected chi connectivity index (χ0v) is 10.6. The number of pyridine rings is 1. The van der Waals surface area contributed by atoms with E-state index in [1.54, 1.807) is 12.4 Å². The van der Waals surface area contributed by atoms with Crippen molar-refractivity contribution in [2.75, 3.05) is 5.73 Å². The molecule has 0 saturated heterocycles. The van der Waals surface area contributed by atoms with E-state index in [1.165, 1.54) is 0 Å². The highest BCUT2D eigenvalue weighted by Gasteiger charge is 2.08. The number of anilines is 1. The molecule has 5 heteroatoms. The molecule has 0 atom stereocenters. The molecule has 0 aliphatic carbocycles. The fourth-order valence-electron chi connectivity index (χ4n) is 1.56. The zero-order chi connectivity index (χ0) is 11.5. The van der Waals surface area contributed by atoms with E-state index in [0.29, 0.717) is 5.69 Å². The summed E-state index contributed by atoms with van der Waals surface area (Å²) in [6.07, 6.45) is 7.34. The topological polar surface area (TPSA) is 56.7 Å². The predicted molar refractivity (Wildman–Crippen MR) is 67.5 cm³/mol. The third-order valence-corrected chi connectivity index (χ3v) is 2.85. The minimum absolute atomic E-state index is 0.646. The normalized spacial score (nSPS) is 10.6. The van der Waals surface area contributed by atoms with Gasteiger partial charge in [-0.15, -0.1) is 0 Å². The van der Waals surface area contributed by atoms with E-state index < -0.39 is 0 Å². The number of aryl methyl sites for hydroxylation is 1. The molecule has 0 unspecified atom stereocenters. The van der Waals surface area contributed by atoms with E-state index in [1.807, 2.05) is 16.8 Å². The number of nitrogen functional groups attached to an aromatic ring is 1. The first-order valence-corrected chi connectivity index (χ1v) is 5.95. The number of nitrogens with two attached hydrogens (primary N) is 1. The number of imidazole rings is 1. The fourth-order valence-corrected chi connectivity index (χ4v) is 2.12. The van der Waals surface area contributed by atoms with Crippen LogP contribution in [-0.4, -0.2) is 14.5 Å². The Morgan fingerprint density at radius 1 is 1.44 bits per heavy atom. The summed E-state index contributed by atoms with van der Waals surface area (Å²) in [5, 5.41) is 0. The van der Waals surface area contributed by atoms with E-state index in [0.717, 1.165) is 29.0 Å². The monoisotopic (exact) mass is 280 g/mol. The standard InChI is InChI=1S/C11H13BrN4/c1-2-3-10-14-4-5-16(10)11-9(12)6-8(13)7-15-11/h4-7H,2-3,13H2,1H3. The molecule has 2 heterocycles. The predicted octanol–water partition coefficient (Wildman–Crippen LogP) is 2.56. The minimum Gasteiger partial charge on any atom is -0.397 e. The number of hydrogen-bond acceptors (Lipinski definition) is 3. The molecule has 0 aliphatic heterocycles.